The van der Waals surface area contributed by atoms with E-state index in [-0.39, 0.29) is 17.6 Å². The summed E-state index contributed by atoms with van der Waals surface area (Å²) in [5, 5.41) is 14.6. The normalized spacial score (nSPS) is 26.8. The van der Waals surface area contributed by atoms with Crippen molar-refractivity contribution in [2.75, 3.05) is 0 Å². The van der Waals surface area contributed by atoms with Crippen LogP contribution in [0.3, 0.4) is 0 Å². The van der Waals surface area contributed by atoms with Gasteiger partial charge in [0.05, 0.1) is 16.1 Å². The van der Waals surface area contributed by atoms with Crippen molar-refractivity contribution in [3.8, 4) is 0 Å². The van der Waals surface area contributed by atoms with Crippen molar-refractivity contribution in [3.63, 3.8) is 0 Å². The number of nitrogens with one attached hydrogen (secondary N) is 1. The molecule has 1 aromatic rings. The molecular weight excluding hydrogens is 281 g/mol. The molecule has 2 rings (SSSR count). The molecule has 4 heteroatoms. The Morgan fingerprint density at radius 3 is 2.53 bits per heavy atom. The monoisotopic (exact) mass is 301 g/mol. The number of rotatable bonds is 4. The second-order valence-corrected chi connectivity index (χ2v) is 6.74. The van der Waals surface area contributed by atoms with E-state index in [4.69, 9.17) is 23.2 Å². The zero-order chi connectivity index (χ0) is 14.2. The molecule has 2 nitrogen and oxygen atoms in total. The second kappa shape index (κ2) is 5.61. The maximum atomic E-state index is 9.80. The molecule has 0 heterocycles. The highest BCUT2D eigenvalue weighted by molar-refractivity contribution is 6.42. The Kier molecular flexibility index (Phi) is 4.46. The first-order chi connectivity index (χ1) is 8.86. The van der Waals surface area contributed by atoms with Crippen LogP contribution in [0, 0.1) is 5.41 Å². The minimum absolute atomic E-state index is 0.0658. The van der Waals surface area contributed by atoms with Crippen LogP contribution in [0.15, 0.2) is 18.2 Å². The van der Waals surface area contributed by atoms with Crippen LogP contribution in [0.2, 0.25) is 10.0 Å². The van der Waals surface area contributed by atoms with E-state index in [9.17, 15) is 5.11 Å². The van der Waals surface area contributed by atoms with Crippen molar-refractivity contribution in [3.05, 3.63) is 33.8 Å². The van der Waals surface area contributed by atoms with E-state index in [1.165, 1.54) is 0 Å². The first kappa shape index (κ1) is 15.1. The van der Waals surface area contributed by atoms with Gasteiger partial charge in [-0.3, -0.25) is 0 Å². The lowest BCUT2D eigenvalue weighted by Gasteiger charge is -2.51. The van der Waals surface area contributed by atoms with Gasteiger partial charge in [-0.05, 0) is 30.5 Å². The molecular formula is C15H21Cl2NO. The fraction of sp³-hybridized carbons (Fsp3) is 0.600. The Hall–Kier alpha value is -0.280. The van der Waals surface area contributed by atoms with Gasteiger partial charge in [-0.2, -0.15) is 0 Å². The quantitative estimate of drug-likeness (QED) is 0.874. The van der Waals surface area contributed by atoms with Crippen molar-refractivity contribution in [2.24, 2.45) is 5.41 Å². The van der Waals surface area contributed by atoms with Crippen LogP contribution in [0.4, 0.5) is 0 Å². The minimum Gasteiger partial charge on any atom is -0.392 e. The van der Waals surface area contributed by atoms with Gasteiger partial charge in [0.15, 0.2) is 0 Å². The highest BCUT2D eigenvalue weighted by Crippen LogP contribution is 2.42. The molecule has 1 aliphatic carbocycles. The van der Waals surface area contributed by atoms with Crippen molar-refractivity contribution in [2.45, 2.75) is 51.8 Å². The molecule has 0 aliphatic heterocycles. The molecule has 0 saturated heterocycles. The summed E-state index contributed by atoms with van der Waals surface area (Å²) in [4.78, 5) is 0. The summed E-state index contributed by atoms with van der Waals surface area (Å²) in [5.74, 6) is 0. The van der Waals surface area contributed by atoms with E-state index in [1.54, 1.807) is 0 Å². The summed E-state index contributed by atoms with van der Waals surface area (Å²) in [6.45, 7) is 6.34. The number of benzene rings is 1. The Labute approximate surface area is 125 Å². The van der Waals surface area contributed by atoms with Crippen LogP contribution in [0.1, 0.15) is 45.2 Å². The van der Waals surface area contributed by atoms with Gasteiger partial charge in [0.1, 0.15) is 0 Å². The molecule has 0 bridgehead atoms. The standard InChI is InChI=1S/C15H21Cl2NO/c1-4-12(9-5-6-10(16)11(17)7-9)18-13-8-14(19)15(13,2)3/h5-7,12-14,18-19H,4,8H2,1-3H3. The molecule has 2 N–H and O–H groups in total. The first-order valence-corrected chi connectivity index (χ1v) is 7.51. The smallest absolute Gasteiger partial charge is 0.0621 e. The molecule has 0 amide bonds. The molecule has 3 unspecified atom stereocenters. The zero-order valence-corrected chi connectivity index (χ0v) is 13.1. The lowest BCUT2D eigenvalue weighted by atomic mass is 9.64. The van der Waals surface area contributed by atoms with Crippen molar-refractivity contribution < 1.29 is 5.11 Å². The van der Waals surface area contributed by atoms with E-state index in [0.29, 0.717) is 16.1 Å². The maximum Gasteiger partial charge on any atom is 0.0621 e. The van der Waals surface area contributed by atoms with E-state index >= 15 is 0 Å². The number of aliphatic hydroxyl groups excluding tert-OH is 1. The van der Waals surface area contributed by atoms with Crippen LogP contribution in [0.25, 0.3) is 0 Å². The van der Waals surface area contributed by atoms with Gasteiger partial charge >= 0.3 is 0 Å². The summed E-state index contributed by atoms with van der Waals surface area (Å²) < 4.78 is 0. The van der Waals surface area contributed by atoms with Gasteiger partial charge in [-0.15, -0.1) is 0 Å². The van der Waals surface area contributed by atoms with Crippen molar-refractivity contribution >= 4 is 23.2 Å². The molecule has 1 saturated carbocycles. The number of halogens is 2. The molecule has 0 radical (unpaired) electrons. The third kappa shape index (κ3) is 2.92. The number of hydrogen-bond donors (Lipinski definition) is 2. The Morgan fingerprint density at radius 1 is 1.37 bits per heavy atom. The summed E-state index contributed by atoms with van der Waals surface area (Å²) >= 11 is 12.0. The minimum atomic E-state index is -0.212. The van der Waals surface area contributed by atoms with Gasteiger partial charge in [-0.1, -0.05) is 50.0 Å². The van der Waals surface area contributed by atoms with Crippen molar-refractivity contribution in [1.29, 1.82) is 0 Å². The van der Waals surface area contributed by atoms with Gasteiger partial charge in [0, 0.05) is 17.5 Å². The fourth-order valence-corrected chi connectivity index (χ4v) is 2.91. The van der Waals surface area contributed by atoms with Crippen molar-refractivity contribution in [1.82, 2.24) is 5.32 Å². The van der Waals surface area contributed by atoms with E-state index in [0.717, 1.165) is 18.4 Å². The number of hydrogen-bond acceptors (Lipinski definition) is 2. The number of aliphatic hydroxyl groups is 1. The van der Waals surface area contributed by atoms with Crippen LogP contribution < -0.4 is 5.32 Å². The lowest BCUT2D eigenvalue weighted by molar-refractivity contribution is -0.0762. The first-order valence-electron chi connectivity index (χ1n) is 6.75. The molecule has 0 aromatic heterocycles. The molecule has 3 atom stereocenters. The molecule has 1 aromatic carbocycles. The Balaban J connectivity index is 2.10. The highest BCUT2D eigenvalue weighted by atomic mass is 35.5. The second-order valence-electron chi connectivity index (χ2n) is 5.93. The summed E-state index contributed by atoms with van der Waals surface area (Å²) in [7, 11) is 0. The molecule has 19 heavy (non-hydrogen) atoms. The largest absolute Gasteiger partial charge is 0.392 e. The molecule has 0 spiro atoms. The van der Waals surface area contributed by atoms with Gasteiger partial charge in [0.2, 0.25) is 0 Å². The van der Waals surface area contributed by atoms with Crippen LogP contribution in [-0.4, -0.2) is 17.3 Å². The lowest BCUT2D eigenvalue weighted by Crippen LogP contribution is -2.60. The van der Waals surface area contributed by atoms with Gasteiger partial charge < -0.3 is 10.4 Å². The molecule has 106 valence electrons. The fourth-order valence-electron chi connectivity index (χ4n) is 2.61. The summed E-state index contributed by atoms with van der Waals surface area (Å²) in [6.07, 6.45) is 1.57. The average Bonchev–Trinajstić information content (AvgIpc) is 2.38. The third-order valence-electron chi connectivity index (χ3n) is 4.37. The predicted octanol–water partition coefficient (Wildman–Crippen LogP) is 4.19. The topological polar surface area (TPSA) is 32.3 Å². The van der Waals surface area contributed by atoms with Crippen LogP contribution >= 0.6 is 23.2 Å². The zero-order valence-electron chi connectivity index (χ0n) is 11.6. The third-order valence-corrected chi connectivity index (χ3v) is 5.11. The van der Waals surface area contributed by atoms with Gasteiger partial charge in [0.25, 0.3) is 0 Å². The maximum absolute atomic E-state index is 9.80. The summed E-state index contributed by atoms with van der Waals surface area (Å²) in [5.41, 5.74) is 1.08. The van der Waals surface area contributed by atoms with E-state index in [1.807, 2.05) is 18.2 Å². The molecule has 1 fully saturated rings. The average molecular weight is 302 g/mol. The predicted molar refractivity (Wildman–Crippen MR) is 80.8 cm³/mol. The van der Waals surface area contributed by atoms with Crippen LogP contribution in [0.5, 0.6) is 0 Å². The SMILES string of the molecule is CCC(NC1CC(O)C1(C)C)c1ccc(Cl)c(Cl)c1. The molecule has 1 aliphatic rings. The van der Waals surface area contributed by atoms with E-state index < -0.39 is 0 Å². The Morgan fingerprint density at radius 2 is 2.05 bits per heavy atom. The van der Waals surface area contributed by atoms with E-state index in [2.05, 4.69) is 26.1 Å². The van der Waals surface area contributed by atoms with Crippen LogP contribution in [-0.2, 0) is 0 Å². The Bertz CT molecular complexity index is 461. The highest BCUT2D eigenvalue weighted by Gasteiger charge is 2.47. The van der Waals surface area contributed by atoms with Gasteiger partial charge in [-0.25, -0.2) is 0 Å². The summed E-state index contributed by atoms with van der Waals surface area (Å²) in [6, 6.07) is 6.35.